The minimum absolute atomic E-state index is 0.0537. The molecule has 0 bridgehead atoms. The number of aliphatic hydroxyl groups is 1. The first kappa shape index (κ1) is 53.0. The zero-order valence-corrected chi connectivity index (χ0v) is 41.4. The molecule has 2 aromatic carbocycles. The number of piperazine rings is 1. The second-order valence-electron chi connectivity index (χ2n) is 20.0. The molecule has 0 radical (unpaired) electrons. The average molecular weight is 957 g/mol. The van der Waals surface area contributed by atoms with Crippen LogP contribution in [0.2, 0.25) is 5.02 Å². The number of carbonyl (C=O) groups is 4. The lowest BCUT2D eigenvalue weighted by molar-refractivity contribution is -0.164. The zero-order valence-electron chi connectivity index (χ0n) is 40.6. The van der Waals surface area contributed by atoms with Gasteiger partial charge in [-0.15, -0.1) is 0 Å². The molecule has 3 aliphatic rings. The third kappa shape index (κ3) is 13.2. The molecule has 3 heterocycles. The third-order valence-corrected chi connectivity index (χ3v) is 13.0. The lowest BCUT2D eigenvalue weighted by Crippen LogP contribution is -2.74. The van der Waals surface area contributed by atoms with Gasteiger partial charge < -0.3 is 45.5 Å². The van der Waals surface area contributed by atoms with Crippen LogP contribution in [-0.4, -0.2) is 127 Å². The van der Waals surface area contributed by atoms with Crippen molar-refractivity contribution < 1.29 is 38.5 Å². The number of methoxy groups -OCH3 is 1. The van der Waals surface area contributed by atoms with E-state index in [1.165, 1.54) is 12.0 Å². The number of primary amides is 1. The van der Waals surface area contributed by atoms with Crippen LogP contribution in [0.25, 0.3) is 0 Å². The summed E-state index contributed by atoms with van der Waals surface area (Å²) in [6.07, 6.45) is 1.27. The number of benzene rings is 2. The third-order valence-electron chi connectivity index (χ3n) is 12.7. The van der Waals surface area contributed by atoms with E-state index in [0.29, 0.717) is 46.2 Å². The summed E-state index contributed by atoms with van der Waals surface area (Å²) in [5.41, 5.74) is 6.30. The van der Waals surface area contributed by atoms with Gasteiger partial charge >= 0.3 is 0 Å². The van der Waals surface area contributed by atoms with Gasteiger partial charge in [0.1, 0.15) is 42.1 Å². The van der Waals surface area contributed by atoms with E-state index < -0.39 is 18.1 Å². The Kier molecular flexibility index (Phi) is 17.5. The van der Waals surface area contributed by atoms with Gasteiger partial charge in [-0.1, -0.05) is 66.1 Å². The highest BCUT2D eigenvalue weighted by atomic mass is 35.5. The van der Waals surface area contributed by atoms with Gasteiger partial charge in [-0.05, 0) is 48.7 Å². The molecular formula is C50H66ClN9O8. The quantitative estimate of drug-likeness (QED) is 0.147. The molecule has 6 rings (SSSR count). The topological polar surface area (TPSA) is 236 Å². The molecule has 1 saturated carbocycles. The van der Waals surface area contributed by atoms with E-state index in [4.69, 9.17) is 42.1 Å². The molecule has 2 saturated heterocycles. The van der Waals surface area contributed by atoms with Crippen LogP contribution >= 0.6 is 11.6 Å². The van der Waals surface area contributed by atoms with Crippen LogP contribution in [-0.2, 0) is 19.1 Å². The Labute approximate surface area is 404 Å². The lowest BCUT2D eigenvalue weighted by Gasteiger charge is -2.63. The number of nitrogens with one attached hydrogen (secondary N) is 2. The molecule has 366 valence electrons. The Hall–Kier alpha value is -5.98. The van der Waals surface area contributed by atoms with Crippen LogP contribution in [0, 0.1) is 38.9 Å². The molecule has 18 heteroatoms. The second-order valence-corrected chi connectivity index (χ2v) is 20.4. The molecule has 0 unspecified atom stereocenters. The molecule has 3 aromatic rings. The number of carbonyl (C=O) groups excluding carboxylic acids is 4. The Bertz CT molecular complexity index is 2350. The maximum atomic E-state index is 13.2. The van der Waals surface area contributed by atoms with Crippen LogP contribution in [0.15, 0.2) is 54.7 Å². The number of anilines is 1. The van der Waals surface area contributed by atoms with Crippen molar-refractivity contribution in [3.8, 4) is 23.6 Å². The van der Waals surface area contributed by atoms with Gasteiger partial charge in [0, 0.05) is 86.8 Å². The number of hydrogen-bond acceptors (Lipinski definition) is 13. The van der Waals surface area contributed by atoms with E-state index in [-0.39, 0.29) is 71.7 Å². The van der Waals surface area contributed by atoms with Gasteiger partial charge in [0.2, 0.25) is 17.7 Å². The number of aliphatic hydroxyl groups excluding tert-OH is 1. The summed E-state index contributed by atoms with van der Waals surface area (Å²) in [6, 6.07) is 16.7. The predicted molar refractivity (Wildman–Crippen MR) is 257 cm³/mol. The first-order chi connectivity index (χ1) is 32.0. The number of likely N-dealkylation sites (tertiary alicyclic amines) is 1. The first-order valence-electron chi connectivity index (χ1n) is 22.8. The van der Waals surface area contributed by atoms with Crippen molar-refractivity contribution in [2.45, 2.75) is 98.6 Å². The normalized spacial score (nSPS) is 21.1. The summed E-state index contributed by atoms with van der Waals surface area (Å²) in [7, 11) is 1.51. The Morgan fingerprint density at radius 3 is 2.26 bits per heavy atom. The van der Waals surface area contributed by atoms with Crippen molar-refractivity contribution >= 4 is 41.0 Å². The second kappa shape index (κ2) is 22.4. The minimum atomic E-state index is -0.709. The van der Waals surface area contributed by atoms with Crippen molar-refractivity contribution in [3.63, 3.8) is 0 Å². The fourth-order valence-electron chi connectivity index (χ4n) is 9.50. The lowest BCUT2D eigenvalue weighted by atomic mass is 9.49. The maximum Gasteiger partial charge on any atom is 0.253 e. The van der Waals surface area contributed by atoms with Crippen molar-refractivity contribution in [1.82, 2.24) is 25.4 Å². The maximum absolute atomic E-state index is 13.2. The standard InChI is InChI=1S/C29H37ClN6O4.C21H29N3O4/c1-28(2)26(29(3,4)27(28)40-21-7-5-19(16-31)22(30)15-21)34-25(38)20-6-8-24(33-17-20)36-11-9-35(10-12-36)13-14-39-18-23(32)37;1-13(16-7-6-14(11-22)8-18(16)28-5)23-20(27)17-9-15(25)12-24(17)19(26)10-21(2,3)4/h5-8,15,17,26-27H,9-14,18H2,1-4H3,(H2,32,37)(H,34,38);6-8,13,15,17,25H,9-10,12H2,1-5H3,(H,23,27)/t;13-,15+,17+/m.0/s1. The Balaban J connectivity index is 0.000000271. The first-order valence-corrected chi connectivity index (χ1v) is 23.2. The van der Waals surface area contributed by atoms with E-state index in [1.54, 1.807) is 42.6 Å². The highest BCUT2D eigenvalue weighted by molar-refractivity contribution is 6.31. The van der Waals surface area contributed by atoms with Gasteiger partial charge in [0.25, 0.3) is 5.91 Å². The Morgan fingerprint density at radius 1 is 1.00 bits per heavy atom. The number of amides is 4. The summed E-state index contributed by atoms with van der Waals surface area (Å²) in [4.78, 5) is 60.0. The van der Waals surface area contributed by atoms with Crippen molar-refractivity contribution in [1.29, 1.82) is 10.5 Å². The molecule has 68 heavy (non-hydrogen) atoms. The van der Waals surface area contributed by atoms with Crippen molar-refractivity contribution in [3.05, 3.63) is 82.0 Å². The number of pyridine rings is 1. The summed E-state index contributed by atoms with van der Waals surface area (Å²) in [5.74, 6) is 0.865. The van der Waals surface area contributed by atoms with Crippen molar-refractivity contribution in [2.75, 3.05) is 64.5 Å². The molecule has 4 amide bonds. The fraction of sp³-hybridized carbons (Fsp3) is 0.540. The average Bonchev–Trinajstić information content (AvgIpc) is 3.70. The summed E-state index contributed by atoms with van der Waals surface area (Å²) in [5, 5.41) is 34.7. The molecule has 2 aliphatic heterocycles. The van der Waals surface area contributed by atoms with Crippen LogP contribution in [0.4, 0.5) is 5.82 Å². The Morgan fingerprint density at radius 2 is 1.69 bits per heavy atom. The van der Waals surface area contributed by atoms with E-state index in [2.05, 4.69) is 65.3 Å². The van der Waals surface area contributed by atoms with E-state index in [0.717, 1.165) is 44.1 Å². The smallest absolute Gasteiger partial charge is 0.253 e. The summed E-state index contributed by atoms with van der Waals surface area (Å²) < 4.78 is 16.9. The number of aromatic nitrogens is 1. The van der Waals surface area contributed by atoms with Crippen LogP contribution in [0.3, 0.4) is 0 Å². The number of ether oxygens (including phenoxy) is 3. The molecule has 1 aromatic heterocycles. The number of nitriles is 2. The number of β-amino-alcohol motifs (C(OH)–C–C–N with tert-alkyl or cyclic N) is 1. The number of rotatable bonds is 15. The van der Waals surface area contributed by atoms with Gasteiger partial charge in [-0.3, -0.25) is 24.1 Å². The summed E-state index contributed by atoms with van der Waals surface area (Å²) in [6.45, 7) is 20.7. The number of nitrogens with two attached hydrogens (primary N) is 1. The minimum Gasteiger partial charge on any atom is -0.496 e. The molecule has 0 spiro atoms. The van der Waals surface area contributed by atoms with E-state index in [1.807, 2.05) is 39.8 Å². The fourth-order valence-corrected chi connectivity index (χ4v) is 9.72. The van der Waals surface area contributed by atoms with Crippen molar-refractivity contribution in [2.24, 2.45) is 22.0 Å². The molecule has 17 nitrogen and oxygen atoms in total. The van der Waals surface area contributed by atoms with E-state index in [9.17, 15) is 24.3 Å². The molecule has 1 aliphatic carbocycles. The summed E-state index contributed by atoms with van der Waals surface area (Å²) >= 11 is 6.19. The highest BCUT2D eigenvalue weighted by Crippen LogP contribution is 2.55. The highest BCUT2D eigenvalue weighted by Gasteiger charge is 2.64. The molecular weight excluding hydrogens is 890 g/mol. The predicted octanol–water partition coefficient (Wildman–Crippen LogP) is 4.98. The number of halogens is 1. The number of nitrogens with zero attached hydrogens (tertiary/aromatic N) is 6. The van der Waals surface area contributed by atoms with Gasteiger partial charge in [0.05, 0.1) is 53.6 Å². The van der Waals surface area contributed by atoms with E-state index >= 15 is 0 Å². The SMILES string of the molecule is CC1(C)C(NC(=O)c2ccc(N3CCN(CCOCC(N)=O)CC3)nc2)C(C)(C)C1Oc1ccc(C#N)c(Cl)c1.COc1cc(C#N)ccc1[C@H](C)NC(=O)[C@H]1C[C@@H](O)CN1C(=O)CC(C)(C)C. The van der Waals surface area contributed by atoms with Gasteiger partial charge in [-0.2, -0.15) is 10.5 Å². The molecule has 3 fully saturated rings. The zero-order chi connectivity index (χ0) is 50.1. The number of hydrogen-bond donors (Lipinski definition) is 4. The van der Waals surface area contributed by atoms with Crippen LogP contribution in [0.5, 0.6) is 11.5 Å². The van der Waals surface area contributed by atoms with Crippen LogP contribution in [0.1, 0.15) is 101 Å². The molecule has 3 atom stereocenters. The monoisotopic (exact) mass is 955 g/mol. The van der Waals surface area contributed by atoms with Gasteiger partial charge in [-0.25, -0.2) is 4.98 Å². The van der Waals surface area contributed by atoms with Crippen LogP contribution < -0.4 is 30.7 Å². The molecule has 5 N–H and O–H groups in total. The van der Waals surface area contributed by atoms with Gasteiger partial charge in [0.15, 0.2) is 0 Å². The largest absolute Gasteiger partial charge is 0.496 e.